The third-order valence-electron chi connectivity index (χ3n) is 1.83. The van der Waals surface area contributed by atoms with Crippen LogP contribution in [0.2, 0.25) is 0 Å². The second kappa shape index (κ2) is 4.17. The molecule has 0 heterocycles. The summed E-state index contributed by atoms with van der Waals surface area (Å²) in [5.41, 5.74) is -0.567. The summed E-state index contributed by atoms with van der Waals surface area (Å²) in [4.78, 5) is 0. The molecule has 1 aromatic rings. The van der Waals surface area contributed by atoms with E-state index in [1.807, 2.05) is 0 Å². The van der Waals surface area contributed by atoms with E-state index in [-0.39, 0.29) is 21.1 Å². The zero-order valence-corrected chi connectivity index (χ0v) is 9.32. The van der Waals surface area contributed by atoms with Crippen molar-refractivity contribution in [2.24, 2.45) is 0 Å². The smallest absolute Gasteiger partial charge is 0.165 e. The summed E-state index contributed by atoms with van der Waals surface area (Å²) in [6.07, 6.45) is -0.335. The second-order valence-electron chi connectivity index (χ2n) is 2.69. The van der Waals surface area contributed by atoms with Gasteiger partial charge in [0.15, 0.2) is 11.6 Å². The van der Waals surface area contributed by atoms with Gasteiger partial charge in [0, 0.05) is 11.1 Å². The van der Waals surface area contributed by atoms with Crippen molar-refractivity contribution >= 4 is 22.6 Å². The Kier molecular flexibility index (Phi) is 3.37. The molecule has 0 aliphatic carbocycles. The molecule has 0 N–H and O–H groups in total. The van der Waals surface area contributed by atoms with E-state index in [0.717, 1.165) is 6.92 Å². The zero-order valence-electron chi connectivity index (χ0n) is 7.17. The SMILES string of the molecule is Cc1c(F)c(F)c(CC#N)c(I)c1F. The van der Waals surface area contributed by atoms with Gasteiger partial charge in [0.25, 0.3) is 0 Å². The number of benzene rings is 1. The van der Waals surface area contributed by atoms with Crippen molar-refractivity contribution in [3.8, 4) is 6.07 Å². The number of hydrogen-bond donors (Lipinski definition) is 0. The monoisotopic (exact) mass is 311 g/mol. The summed E-state index contributed by atoms with van der Waals surface area (Å²) >= 11 is 1.56. The van der Waals surface area contributed by atoms with Crippen molar-refractivity contribution in [1.82, 2.24) is 0 Å². The lowest BCUT2D eigenvalue weighted by molar-refractivity contribution is 0.476. The molecule has 0 aliphatic rings. The third-order valence-corrected chi connectivity index (χ3v) is 2.95. The van der Waals surface area contributed by atoms with Crippen LogP contribution in [-0.4, -0.2) is 0 Å². The average Bonchev–Trinajstić information content (AvgIpc) is 2.19. The molecular weight excluding hydrogens is 306 g/mol. The molecule has 0 fully saturated rings. The van der Waals surface area contributed by atoms with Crippen molar-refractivity contribution in [2.75, 3.05) is 0 Å². The number of nitriles is 1. The number of rotatable bonds is 1. The van der Waals surface area contributed by atoms with Crippen molar-refractivity contribution in [1.29, 1.82) is 5.26 Å². The first kappa shape index (κ1) is 11.3. The highest BCUT2D eigenvalue weighted by Crippen LogP contribution is 2.26. The Morgan fingerprint density at radius 1 is 1.21 bits per heavy atom. The fraction of sp³-hybridized carbons (Fsp3) is 0.222. The zero-order chi connectivity index (χ0) is 10.9. The van der Waals surface area contributed by atoms with Crippen LogP contribution < -0.4 is 0 Å². The maximum Gasteiger partial charge on any atom is 0.165 e. The number of hydrogen-bond acceptors (Lipinski definition) is 1. The lowest BCUT2D eigenvalue weighted by atomic mass is 10.1. The Balaban J connectivity index is 3.53. The maximum atomic E-state index is 13.2. The van der Waals surface area contributed by atoms with Gasteiger partial charge in [-0.05, 0) is 29.5 Å². The molecule has 14 heavy (non-hydrogen) atoms. The van der Waals surface area contributed by atoms with Crippen molar-refractivity contribution in [3.05, 3.63) is 32.1 Å². The Hall–Kier alpha value is -0.770. The van der Waals surface area contributed by atoms with Gasteiger partial charge < -0.3 is 0 Å². The highest BCUT2D eigenvalue weighted by atomic mass is 127. The summed E-state index contributed by atoms with van der Waals surface area (Å²) in [7, 11) is 0. The van der Waals surface area contributed by atoms with Gasteiger partial charge in [-0.15, -0.1) is 0 Å². The van der Waals surface area contributed by atoms with Crippen LogP contribution in [0, 0.1) is 39.3 Å². The van der Waals surface area contributed by atoms with Gasteiger partial charge in [0.05, 0.1) is 16.1 Å². The molecule has 0 amide bonds. The number of nitrogens with zero attached hydrogens (tertiary/aromatic N) is 1. The fourth-order valence-electron chi connectivity index (χ4n) is 1.02. The molecule has 1 aromatic carbocycles. The molecule has 1 nitrogen and oxygen atoms in total. The molecule has 0 spiro atoms. The second-order valence-corrected chi connectivity index (χ2v) is 3.77. The van der Waals surface area contributed by atoms with Gasteiger partial charge in [0.1, 0.15) is 5.82 Å². The molecular formula is C9H5F3IN. The molecule has 0 aromatic heterocycles. The van der Waals surface area contributed by atoms with E-state index in [1.165, 1.54) is 0 Å². The van der Waals surface area contributed by atoms with E-state index >= 15 is 0 Å². The van der Waals surface area contributed by atoms with E-state index in [4.69, 9.17) is 5.26 Å². The minimum atomic E-state index is -1.21. The molecule has 0 atom stereocenters. The van der Waals surface area contributed by atoms with Crippen LogP contribution in [0.4, 0.5) is 13.2 Å². The Bertz CT molecular complexity index is 394. The topological polar surface area (TPSA) is 23.8 Å². The van der Waals surface area contributed by atoms with Gasteiger partial charge in [-0.2, -0.15) is 5.26 Å². The quantitative estimate of drug-likeness (QED) is 0.577. The summed E-state index contributed by atoms with van der Waals surface area (Å²) in [5.74, 6) is -3.14. The molecule has 0 aliphatic heterocycles. The van der Waals surface area contributed by atoms with E-state index in [0.29, 0.717) is 0 Å². The molecule has 0 radical (unpaired) electrons. The lowest BCUT2D eigenvalue weighted by Crippen LogP contribution is -2.04. The largest absolute Gasteiger partial charge is 0.205 e. The predicted octanol–water partition coefficient (Wildman–Crippen LogP) is 3.08. The van der Waals surface area contributed by atoms with Crippen LogP contribution in [-0.2, 0) is 6.42 Å². The highest BCUT2D eigenvalue weighted by Gasteiger charge is 2.20. The molecule has 0 saturated carbocycles. The van der Waals surface area contributed by atoms with Crippen molar-refractivity contribution < 1.29 is 13.2 Å². The van der Waals surface area contributed by atoms with Gasteiger partial charge in [-0.3, -0.25) is 0 Å². The Morgan fingerprint density at radius 3 is 2.29 bits per heavy atom. The van der Waals surface area contributed by atoms with Crippen LogP contribution in [0.1, 0.15) is 11.1 Å². The highest BCUT2D eigenvalue weighted by molar-refractivity contribution is 14.1. The molecule has 74 valence electrons. The van der Waals surface area contributed by atoms with Crippen LogP contribution in [0.25, 0.3) is 0 Å². The Labute approximate surface area is 92.7 Å². The fourth-order valence-corrected chi connectivity index (χ4v) is 1.85. The van der Waals surface area contributed by atoms with Crippen LogP contribution in [0.15, 0.2) is 0 Å². The van der Waals surface area contributed by atoms with Crippen molar-refractivity contribution in [2.45, 2.75) is 13.3 Å². The van der Waals surface area contributed by atoms with E-state index in [2.05, 4.69) is 0 Å². The van der Waals surface area contributed by atoms with E-state index in [1.54, 1.807) is 28.7 Å². The lowest BCUT2D eigenvalue weighted by Gasteiger charge is -2.07. The molecule has 1 rings (SSSR count). The minimum absolute atomic E-state index is 0.0273. The van der Waals surface area contributed by atoms with Gasteiger partial charge >= 0.3 is 0 Å². The molecule has 0 bridgehead atoms. The average molecular weight is 311 g/mol. The van der Waals surface area contributed by atoms with Gasteiger partial charge in [-0.1, -0.05) is 0 Å². The van der Waals surface area contributed by atoms with E-state index in [9.17, 15) is 13.2 Å². The first-order chi connectivity index (χ1) is 6.50. The van der Waals surface area contributed by atoms with Crippen LogP contribution in [0.5, 0.6) is 0 Å². The van der Waals surface area contributed by atoms with Crippen molar-refractivity contribution in [3.63, 3.8) is 0 Å². The summed E-state index contributed by atoms with van der Waals surface area (Å²) < 4.78 is 39.4. The normalized spacial score (nSPS) is 10.0. The molecule has 5 heteroatoms. The maximum absolute atomic E-state index is 13.2. The number of halogens is 4. The minimum Gasteiger partial charge on any atom is -0.205 e. The van der Waals surface area contributed by atoms with Crippen LogP contribution >= 0.6 is 22.6 Å². The van der Waals surface area contributed by atoms with Gasteiger partial charge in [-0.25, -0.2) is 13.2 Å². The summed E-state index contributed by atoms with van der Waals surface area (Å²) in [6, 6.07) is 1.66. The summed E-state index contributed by atoms with van der Waals surface area (Å²) in [6.45, 7) is 1.16. The first-order valence-corrected chi connectivity index (χ1v) is 4.77. The third kappa shape index (κ3) is 1.71. The Morgan fingerprint density at radius 2 is 1.79 bits per heavy atom. The standard InChI is InChI=1S/C9H5F3IN/c1-4-6(10)8(12)5(2-3-14)9(13)7(4)11/h2H2,1H3. The predicted molar refractivity (Wildman–Crippen MR) is 53.1 cm³/mol. The van der Waals surface area contributed by atoms with Gasteiger partial charge in [0.2, 0.25) is 0 Å². The summed E-state index contributed by atoms with van der Waals surface area (Å²) in [5, 5.41) is 8.35. The molecule has 0 saturated heterocycles. The van der Waals surface area contributed by atoms with Crippen LogP contribution in [0.3, 0.4) is 0 Å². The molecule has 0 unspecified atom stereocenters. The first-order valence-electron chi connectivity index (χ1n) is 3.69. The van der Waals surface area contributed by atoms with E-state index < -0.39 is 17.5 Å².